The van der Waals surface area contributed by atoms with Crippen molar-refractivity contribution in [2.45, 2.75) is 58.5 Å². The molecule has 0 amide bonds. The molecule has 3 atom stereocenters. The lowest BCUT2D eigenvalue weighted by atomic mass is 9.92. The van der Waals surface area contributed by atoms with Gasteiger partial charge in [-0.15, -0.1) is 0 Å². The molecule has 4 nitrogen and oxygen atoms in total. The first-order chi connectivity index (χ1) is 9.90. The summed E-state index contributed by atoms with van der Waals surface area (Å²) >= 11 is 0. The molecule has 0 saturated carbocycles. The highest BCUT2D eigenvalue weighted by atomic mass is 16.5. The van der Waals surface area contributed by atoms with Gasteiger partial charge in [-0.2, -0.15) is 0 Å². The SMILES string of the molecule is CC(C)=CCc1ccc(O)c2c1[C@H](C[C@@H](O)[C@H](C)O)OC2. The summed E-state index contributed by atoms with van der Waals surface area (Å²) in [5, 5.41) is 29.3. The van der Waals surface area contributed by atoms with E-state index in [2.05, 4.69) is 6.08 Å². The summed E-state index contributed by atoms with van der Waals surface area (Å²) in [5.41, 5.74) is 4.10. The second-order valence-electron chi connectivity index (χ2n) is 5.96. The van der Waals surface area contributed by atoms with E-state index >= 15 is 0 Å². The van der Waals surface area contributed by atoms with Gasteiger partial charge < -0.3 is 20.1 Å². The Hall–Kier alpha value is -1.36. The predicted molar refractivity (Wildman–Crippen MR) is 81.1 cm³/mol. The summed E-state index contributed by atoms with van der Waals surface area (Å²) in [6.45, 7) is 6.01. The zero-order chi connectivity index (χ0) is 15.6. The molecule has 0 bridgehead atoms. The lowest BCUT2D eigenvalue weighted by molar-refractivity contribution is -0.0242. The van der Waals surface area contributed by atoms with Gasteiger partial charge in [0, 0.05) is 12.0 Å². The van der Waals surface area contributed by atoms with Crippen molar-refractivity contribution < 1.29 is 20.1 Å². The Kier molecular flexibility index (Phi) is 5.04. The molecule has 3 N–H and O–H groups in total. The molecule has 1 aromatic carbocycles. The molecule has 0 aliphatic carbocycles. The molecule has 4 heteroatoms. The molecule has 0 saturated heterocycles. The second-order valence-corrected chi connectivity index (χ2v) is 5.96. The molecule has 1 heterocycles. The topological polar surface area (TPSA) is 69.9 Å². The van der Waals surface area contributed by atoms with Gasteiger partial charge in [0.2, 0.25) is 0 Å². The van der Waals surface area contributed by atoms with Crippen molar-refractivity contribution in [1.29, 1.82) is 0 Å². The molecule has 1 aliphatic rings. The molecule has 116 valence electrons. The minimum atomic E-state index is -0.834. The Balaban J connectivity index is 2.30. The number of aliphatic hydroxyl groups is 2. The van der Waals surface area contributed by atoms with Gasteiger partial charge in [0.15, 0.2) is 0 Å². The van der Waals surface area contributed by atoms with Crippen LogP contribution in [0.25, 0.3) is 0 Å². The summed E-state index contributed by atoms with van der Waals surface area (Å²) in [7, 11) is 0. The summed E-state index contributed by atoms with van der Waals surface area (Å²) in [6, 6.07) is 3.61. The molecule has 2 rings (SSSR count). The third kappa shape index (κ3) is 3.64. The van der Waals surface area contributed by atoms with Gasteiger partial charge >= 0.3 is 0 Å². The third-order valence-electron chi connectivity index (χ3n) is 3.92. The zero-order valence-electron chi connectivity index (χ0n) is 12.8. The molecule has 1 aromatic rings. The van der Waals surface area contributed by atoms with Crippen LogP contribution in [0.4, 0.5) is 0 Å². The summed E-state index contributed by atoms with van der Waals surface area (Å²) in [5.74, 6) is 0.236. The van der Waals surface area contributed by atoms with Gasteiger partial charge in [-0.25, -0.2) is 0 Å². The fourth-order valence-corrected chi connectivity index (χ4v) is 2.62. The average Bonchev–Trinajstić information content (AvgIpc) is 2.83. The molecule has 0 unspecified atom stereocenters. The lowest BCUT2D eigenvalue weighted by Gasteiger charge is -2.20. The molecule has 1 aliphatic heterocycles. The number of phenolic OH excluding ortho intramolecular Hbond substituents is 1. The first-order valence-electron chi connectivity index (χ1n) is 7.34. The summed E-state index contributed by atoms with van der Waals surface area (Å²) in [6.07, 6.45) is 1.33. The van der Waals surface area contributed by atoms with Crippen molar-refractivity contribution in [2.75, 3.05) is 0 Å². The lowest BCUT2D eigenvalue weighted by Crippen LogP contribution is -2.25. The number of rotatable bonds is 5. The molecule has 0 aromatic heterocycles. The van der Waals surface area contributed by atoms with E-state index < -0.39 is 12.2 Å². The van der Waals surface area contributed by atoms with E-state index in [0.717, 1.165) is 23.1 Å². The Morgan fingerprint density at radius 3 is 2.71 bits per heavy atom. The first kappa shape index (κ1) is 16.0. The van der Waals surface area contributed by atoms with Crippen LogP contribution in [-0.2, 0) is 17.8 Å². The van der Waals surface area contributed by atoms with Gasteiger partial charge in [0.05, 0.1) is 24.9 Å². The molecular weight excluding hydrogens is 268 g/mol. The number of aromatic hydroxyl groups is 1. The predicted octanol–water partition coefficient (Wildman–Crippen LogP) is 2.60. The normalized spacial score (nSPS) is 20.0. The van der Waals surface area contributed by atoms with Crippen LogP contribution in [0, 0.1) is 0 Å². The van der Waals surface area contributed by atoms with E-state index in [9.17, 15) is 15.3 Å². The Labute approximate surface area is 125 Å². The number of benzene rings is 1. The summed E-state index contributed by atoms with van der Waals surface area (Å²) < 4.78 is 5.72. The summed E-state index contributed by atoms with van der Waals surface area (Å²) in [4.78, 5) is 0. The molecule has 21 heavy (non-hydrogen) atoms. The smallest absolute Gasteiger partial charge is 0.121 e. The molecule has 0 spiro atoms. The van der Waals surface area contributed by atoms with Crippen LogP contribution in [-0.4, -0.2) is 27.5 Å². The number of hydrogen-bond acceptors (Lipinski definition) is 4. The van der Waals surface area contributed by atoms with Gasteiger partial charge in [-0.1, -0.05) is 17.7 Å². The quantitative estimate of drug-likeness (QED) is 0.730. The molecular formula is C17H24O4. The highest BCUT2D eigenvalue weighted by Gasteiger charge is 2.31. The van der Waals surface area contributed by atoms with Gasteiger partial charge in [0.25, 0.3) is 0 Å². The highest BCUT2D eigenvalue weighted by molar-refractivity contribution is 5.48. The maximum atomic E-state index is 9.99. The maximum Gasteiger partial charge on any atom is 0.121 e. The Morgan fingerprint density at radius 1 is 1.38 bits per heavy atom. The van der Waals surface area contributed by atoms with Crippen molar-refractivity contribution in [3.63, 3.8) is 0 Å². The van der Waals surface area contributed by atoms with E-state index in [1.807, 2.05) is 19.9 Å². The fourth-order valence-electron chi connectivity index (χ4n) is 2.62. The monoisotopic (exact) mass is 292 g/mol. The van der Waals surface area contributed by atoms with Crippen LogP contribution in [0.1, 0.15) is 50.0 Å². The van der Waals surface area contributed by atoms with Crippen molar-refractivity contribution in [3.8, 4) is 5.75 Å². The maximum absolute atomic E-state index is 9.99. The standard InChI is InChI=1S/C17H24O4/c1-10(2)4-5-12-6-7-14(19)13-9-21-16(17(12)13)8-15(20)11(3)18/h4,6-7,11,15-16,18-20H,5,8-9H2,1-3H3/t11-,15+,16-/m0/s1. The minimum absolute atomic E-state index is 0.236. The largest absolute Gasteiger partial charge is 0.508 e. The number of ether oxygens (including phenoxy) is 1. The van der Waals surface area contributed by atoms with E-state index in [1.165, 1.54) is 5.57 Å². The number of hydrogen-bond donors (Lipinski definition) is 3. The minimum Gasteiger partial charge on any atom is -0.508 e. The fraction of sp³-hybridized carbons (Fsp3) is 0.529. The van der Waals surface area contributed by atoms with Gasteiger partial charge in [-0.3, -0.25) is 0 Å². The van der Waals surface area contributed by atoms with Crippen LogP contribution >= 0.6 is 0 Å². The molecule has 0 fully saturated rings. The number of allylic oxidation sites excluding steroid dienone is 2. The van der Waals surface area contributed by atoms with Crippen molar-refractivity contribution in [2.24, 2.45) is 0 Å². The van der Waals surface area contributed by atoms with E-state index in [-0.39, 0.29) is 11.9 Å². The third-order valence-corrected chi connectivity index (χ3v) is 3.92. The van der Waals surface area contributed by atoms with Crippen LogP contribution < -0.4 is 0 Å². The first-order valence-corrected chi connectivity index (χ1v) is 7.34. The Bertz CT molecular complexity index is 530. The number of aliphatic hydroxyl groups excluding tert-OH is 2. The van der Waals surface area contributed by atoms with Crippen molar-refractivity contribution in [1.82, 2.24) is 0 Å². The average molecular weight is 292 g/mol. The van der Waals surface area contributed by atoms with Crippen molar-refractivity contribution >= 4 is 0 Å². The van der Waals surface area contributed by atoms with Crippen molar-refractivity contribution in [3.05, 3.63) is 40.5 Å². The highest BCUT2D eigenvalue weighted by Crippen LogP contribution is 2.41. The molecule has 0 radical (unpaired) electrons. The van der Waals surface area contributed by atoms with Gasteiger partial charge in [0.1, 0.15) is 5.75 Å². The van der Waals surface area contributed by atoms with Crippen LogP contribution in [0.3, 0.4) is 0 Å². The van der Waals surface area contributed by atoms with E-state index in [0.29, 0.717) is 13.0 Å². The van der Waals surface area contributed by atoms with E-state index in [4.69, 9.17) is 4.74 Å². The van der Waals surface area contributed by atoms with Gasteiger partial charge in [-0.05, 0) is 44.4 Å². The van der Waals surface area contributed by atoms with E-state index in [1.54, 1.807) is 13.0 Å². The second kappa shape index (κ2) is 6.60. The van der Waals surface area contributed by atoms with Crippen LogP contribution in [0.15, 0.2) is 23.8 Å². The number of phenols is 1. The van der Waals surface area contributed by atoms with Crippen LogP contribution in [0.2, 0.25) is 0 Å². The number of fused-ring (bicyclic) bond motifs is 1. The zero-order valence-corrected chi connectivity index (χ0v) is 12.8. The Morgan fingerprint density at radius 2 is 2.10 bits per heavy atom. The van der Waals surface area contributed by atoms with Crippen LogP contribution in [0.5, 0.6) is 5.75 Å².